The molecule has 0 spiro atoms. The minimum Gasteiger partial charge on any atom is -0.465 e. The second-order valence-corrected chi connectivity index (χ2v) is 4.97. The first kappa shape index (κ1) is 14.8. The molecule has 1 saturated heterocycles. The number of carbonyl (C=O) groups excluding carboxylic acids is 3. The van der Waals surface area contributed by atoms with Gasteiger partial charge in [-0.25, -0.2) is 9.48 Å². The molecule has 1 aliphatic rings. The van der Waals surface area contributed by atoms with Crippen LogP contribution in [0.25, 0.3) is 11.4 Å². The minimum atomic E-state index is -0.566. The number of nitrogens with zero attached hydrogens (tertiary/aromatic N) is 4. The Morgan fingerprint density at radius 2 is 2.17 bits per heavy atom. The second kappa shape index (κ2) is 5.95. The summed E-state index contributed by atoms with van der Waals surface area (Å²) in [5, 5.41) is 10.2. The van der Waals surface area contributed by atoms with E-state index in [1.54, 1.807) is 18.3 Å². The number of amides is 2. The van der Waals surface area contributed by atoms with Crippen LogP contribution in [0.1, 0.15) is 29.2 Å². The number of rotatable bonds is 3. The van der Waals surface area contributed by atoms with Gasteiger partial charge in [0.25, 0.3) is 5.91 Å². The highest BCUT2D eigenvalue weighted by Crippen LogP contribution is 2.20. The Hall–Kier alpha value is -3.10. The molecule has 1 aliphatic heterocycles. The van der Waals surface area contributed by atoms with Crippen molar-refractivity contribution in [1.29, 1.82) is 0 Å². The maximum absolute atomic E-state index is 11.8. The molecule has 0 aromatic carbocycles. The van der Waals surface area contributed by atoms with E-state index in [0.29, 0.717) is 23.4 Å². The zero-order valence-corrected chi connectivity index (χ0v) is 12.2. The van der Waals surface area contributed by atoms with Crippen molar-refractivity contribution >= 4 is 17.8 Å². The summed E-state index contributed by atoms with van der Waals surface area (Å²) in [6.45, 7) is 0. The molecule has 2 amide bonds. The first-order chi connectivity index (χ1) is 11.1. The van der Waals surface area contributed by atoms with Gasteiger partial charge < -0.3 is 4.74 Å². The summed E-state index contributed by atoms with van der Waals surface area (Å²) >= 11 is 0. The molecule has 0 bridgehead atoms. The minimum absolute atomic E-state index is 0.262. The highest BCUT2D eigenvalue weighted by atomic mass is 16.5. The highest BCUT2D eigenvalue weighted by Gasteiger charge is 2.29. The fraction of sp³-hybridized carbons (Fsp3) is 0.286. The number of hydrogen-bond acceptors (Lipinski definition) is 7. The van der Waals surface area contributed by atoms with E-state index in [-0.39, 0.29) is 12.3 Å². The summed E-state index contributed by atoms with van der Waals surface area (Å²) < 4.78 is 6.01. The predicted molar refractivity (Wildman–Crippen MR) is 76.0 cm³/mol. The third-order valence-corrected chi connectivity index (χ3v) is 3.49. The Labute approximate surface area is 130 Å². The number of ether oxygens (including phenoxy) is 1. The number of imide groups is 1. The molecule has 1 N–H and O–H groups in total. The van der Waals surface area contributed by atoms with Gasteiger partial charge in [0.2, 0.25) is 5.91 Å². The van der Waals surface area contributed by atoms with E-state index in [9.17, 15) is 14.4 Å². The van der Waals surface area contributed by atoms with Crippen molar-refractivity contribution in [1.82, 2.24) is 25.3 Å². The first-order valence-corrected chi connectivity index (χ1v) is 6.89. The molecule has 1 unspecified atom stereocenters. The number of pyridine rings is 1. The molecular formula is C14H13N5O4. The average molecular weight is 315 g/mol. The van der Waals surface area contributed by atoms with Gasteiger partial charge in [0, 0.05) is 12.6 Å². The third kappa shape index (κ3) is 2.93. The SMILES string of the molecule is COC(=O)c1ccc(-c2cn(C3CCC(=O)NC3=O)nn2)nc1. The van der Waals surface area contributed by atoms with Crippen LogP contribution in [0.2, 0.25) is 0 Å². The molecule has 1 atom stereocenters. The fourth-order valence-corrected chi connectivity index (χ4v) is 2.26. The van der Waals surface area contributed by atoms with Gasteiger partial charge in [0.15, 0.2) is 0 Å². The molecule has 1 fully saturated rings. The van der Waals surface area contributed by atoms with E-state index in [1.165, 1.54) is 18.0 Å². The van der Waals surface area contributed by atoms with Crippen molar-refractivity contribution in [2.24, 2.45) is 0 Å². The number of nitrogens with one attached hydrogen (secondary N) is 1. The summed E-state index contributed by atoms with van der Waals surface area (Å²) in [6.07, 6.45) is 3.60. The lowest BCUT2D eigenvalue weighted by atomic mass is 10.1. The summed E-state index contributed by atoms with van der Waals surface area (Å²) in [5.41, 5.74) is 1.30. The molecule has 0 aliphatic carbocycles. The number of hydrogen-bond donors (Lipinski definition) is 1. The zero-order valence-electron chi connectivity index (χ0n) is 12.2. The number of carbonyl (C=O) groups is 3. The van der Waals surface area contributed by atoms with E-state index in [2.05, 4.69) is 25.3 Å². The van der Waals surface area contributed by atoms with Gasteiger partial charge >= 0.3 is 5.97 Å². The van der Waals surface area contributed by atoms with Crippen LogP contribution in [-0.4, -0.2) is 44.9 Å². The third-order valence-electron chi connectivity index (χ3n) is 3.49. The van der Waals surface area contributed by atoms with Crippen LogP contribution in [-0.2, 0) is 14.3 Å². The summed E-state index contributed by atoms with van der Waals surface area (Å²) in [6, 6.07) is 2.62. The van der Waals surface area contributed by atoms with Crippen molar-refractivity contribution < 1.29 is 19.1 Å². The number of esters is 1. The first-order valence-electron chi connectivity index (χ1n) is 6.89. The molecule has 23 heavy (non-hydrogen) atoms. The molecule has 3 rings (SSSR count). The molecule has 118 valence electrons. The topological polar surface area (TPSA) is 116 Å². The smallest absolute Gasteiger partial charge is 0.339 e. The van der Waals surface area contributed by atoms with Crippen molar-refractivity contribution in [2.45, 2.75) is 18.9 Å². The van der Waals surface area contributed by atoms with Crippen LogP contribution in [0.4, 0.5) is 0 Å². The van der Waals surface area contributed by atoms with Crippen LogP contribution in [0.15, 0.2) is 24.5 Å². The lowest BCUT2D eigenvalue weighted by Gasteiger charge is -2.20. The quantitative estimate of drug-likeness (QED) is 0.631. The van der Waals surface area contributed by atoms with Gasteiger partial charge in [-0.15, -0.1) is 5.10 Å². The lowest BCUT2D eigenvalue weighted by Crippen LogP contribution is -2.41. The van der Waals surface area contributed by atoms with Crippen LogP contribution >= 0.6 is 0 Å². The predicted octanol–water partition coefficient (Wildman–Crippen LogP) is 0.104. The van der Waals surface area contributed by atoms with E-state index in [1.807, 2.05) is 0 Å². The summed E-state index contributed by atoms with van der Waals surface area (Å²) in [7, 11) is 1.29. The van der Waals surface area contributed by atoms with Crippen LogP contribution in [0.3, 0.4) is 0 Å². The van der Waals surface area contributed by atoms with E-state index in [4.69, 9.17) is 0 Å². The van der Waals surface area contributed by atoms with E-state index >= 15 is 0 Å². The van der Waals surface area contributed by atoms with Crippen molar-refractivity contribution in [3.8, 4) is 11.4 Å². The van der Waals surface area contributed by atoms with E-state index in [0.717, 1.165) is 0 Å². The molecule has 3 heterocycles. The van der Waals surface area contributed by atoms with Gasteiger partial charge in [0.05, 0.1) is 24.6 Å². The van der Waals surface area contributed by atoms with Gasteiger partial charge in [-0.05, 0) is 18.6 Å². The molecule has 2 aromatic rings. The Kier molecular flexibility index (Phi) is 3.83. The molecule has 0 saturated carbocycles. The van der Waals surface area contributed by atoms with Gasteiger partial charge in [0.1, 0.15) is 11.7 Å². The molecule has 2 aromatic heterocycles. The van der Waals surface area contributed by atoms with Crippen molar-refractivity contribution in [3.63, 3.8) is 0 Å². The second-order valence-electron chi connectivity index (χ2n) is 4.97. The normalized spacial score (nSPS) is 17.7. The average Bonchev–Trinajstić information content (AvgIpc) is 3.04. The Morgan fingerprint density at radius 3 is 2.83 bits per heavy atom. The van der Waals surface area contributed by atoms with Crippen LogP contribution < -0.4 is 5.32 Å². The highest BCUT2D eigenvalue weighted by molar-refractivity contribution is 5.99. The van der Waals surface area contributed by atoms with Gasteiger partial charge in [-0.3, -0.25) is 19.9 Å². The van der Waals surface area contributed by atoms with Crippen molar-refractivity contribution in [3.05, 3.63) is 30.1 Å². The molecular weight excluding hydrogens is 302 g/mol. The molecule has 9 nitrogen and oxygen atoms in total. The Morgan fingerprint density at radius 1 is 1.35 bits per heavy atom. The largest absolute Gasteiger partial charge is 0.465 e. The number of aromatic nitrogens is 4. The van der Waals surface area contributed by atoms with Gasteiger partial charge in [-0.2, -0.15) is 0 Å². The lowest BCUT2D eigenvalue weighted by molar-refractivity contribution is -0.136. The van der Waals surface area contributed by atoms with E-state index < -0.39 is 17.9 Å². The number of methoxy groups -OCH3 is 1. The standard InChI is InChI=1S/C14H13N5O4/c1-23-14(22)8-2-3-9(15-6-8)10-7-19(18-17-10)11-4-5-12(20)16-13(11)21/h2-3,6-7,11H,4-5H2,1H3,(H,16,20,21). The Balaban J connectivity index is 1.80. The molecule has 0 radical (unpaired) electrons. The maximum Gasteiger partial charge on any atom is 0.339 e. The Bertz CT molecular complexity index is 768. The van der Waals surface area contributed by atoms with Crippen molar-refractivity contribution in [2.75, 3.05) is 7.11 Å². The fourth-order valence-electron chi connectivity index (χ4n) is 2.26. The van der Waals surface area contributed by atoms with Gasteiger partial charge in [-0.1, -0.05) is 5.21 Å². The maximum atomic E-state index is 11.8. The molecule has 9 heteroatoms. The van der Waals surface area contributed by atoms with Crippen LogP contribution in [0, 0.1) is 0 Å². The number of piperidine rings is 1. The summed E-state index contributed by atoms with van der Waals surface area (Å²) in [4.78, 5) is 38.5. The van der Waals surface area contributed by atoms with Crippen LogP contribution in [0.5, 0.6) is 0 Å². The monoisotopic (exact) mass is 315 g/mol. The summed E-state index contributed by atoms with van der Waals surface area (Å²) in [5.74, 6) is -1.16. The zero-order chi connectivity index (χ0) is 16.4.